The van der Waals surface area contributed by atoms with Gasteiger partial charge in [-0.2, -0.15) is 0 Å². The average molecular weight is 262 g/mol. The first-order chi connectivity index (χ1) is 9.85. The van der Waals surface area contributed by atoms with Crippen LogP contribution >= 0.6 is 0 Å². The van der Waals surface area contributed by atoms with Crippen molar-refractivity contribution < 1.29 is 0 Å². The largest absolute Gasteiger partial charge is 0.299 e. The predicted molar refractivity (Wildman–Crippen MR) is 82.4 cm³/mol. The van der Waals surface area contributed by atoms with Gasteiger partial charge in [-0.15, -0.1) is 0 Å². The van der Waals surface area contributed by atoms with E-state index in [0.29, 0.717) is 0 Å². The zero-order chi connectivity index (χ0) is 13.5. The van der Waals surface area contributed by atoms with Crippen molar-refractivity contribution in [1.82, 2.24) is 9.55 Å². The Bertz CT molecular complexity index is 766. The molecule has 4 rings (SSSR count). The Labute approximate surface area is 119 Å². The first kappa shape index (κ1) is 11.7. The molecule has 0 amide bonds. The minimum Gasteiger partial charge on any atom is -0.299 e. The lowest BCUT2D eigenvalue weighted by molar-refractivity contribution is 1.07. The SMILES string of the molecule is CCc1cccc(-n2cnc3cc(C4CC4)ccc32)c1. The van der Waals surface area contributed by atoms with Crippen LogP contribution in [0, 0.1) is 0 Å². The van der Waals surface area contributed by atoms with Crippen molar-refractivity contribution in [1.29, 1.82) is 0 Å². The summed E-state index contributed by atoms with van der Waals surface area (Å²) in [7, 11) is 0. The summed E-state index contributed by atoms with van der Waals surface area (Å²) in [6.45, 7) is 2.19. The van der Waals surface area contributed by atoms with Gasteiger partial charge in [-0.25, -0.2) is 4.98 Å². The molecule has 0 spiro atoms. The summed E-state index contributed by atoms with van der Waals surface area (Å²) in [6.07, 6.45) is 5.68. The number of fused-ring (bicyclic) bond motifs is 1. The maximum Gasteiger partial charge on any atom is 0.100 e. The fourth-order valence-corrected chi connectivity index (χ4v) is 2.83. The van der Waals surface area contributed by atoms with Gasteiger partial charge in [0.05, 0.1) is 11.0 Å². The quantitative estimate of drug-likeness (QED) is 0.681. The zero-order valence-corrected chi connectivity index (χ0v) is 11.7. The molecule has 0 saturated heterocycles. The van der Waals surface area contributed by atoms with Crippen molar-refractivity contribution in [2.45, 2.75) is 32.1 Å². The number of benzene rings is 2. The van der Waals surface area contributed by atoms with Crippen molar-refractivity contribution in [2.24, 2.45) is 0 Å². The second kappa shape index (κ2) is 4.48. The summed E-state index contributed by atoms with van der Waals surface area (Å²) in [5.74, 6) is 0.785. The first-order valence-electron chi connectivity index (χ1n) is 7.41. The highest BCUT2D eigenvalue weighted by molar-refractivity contribution is 5.78. The molecule has 1 aliphatic carbocycles. The lowest BCUT2D eigenvalue weighted by Crippen LogP contribution is -1.93. The average Bonchev–Trinajstić information content (AvgIpc) is 3.26. The van der Waals surface area contributed by atoms with Crippen molar-refractivity contribution >= 4 is 11.0 Å². The maximum absolute atomic E-state index is 4.58. The first-order valence-corrected chi connectivity index (χ1v) is 7.41. The van der Waals surface area contributed by atoms with E-state index < -0.39 is 0 Å². The number of aryl methyl sites for hydroxylation is 1. The van der Waals surface area contributed by atoms with Crippen molar-refractivity contribution in [3.05, 3.63) is 59.9 Å². The van der Waals surface area contributed by atoms with E-state index in [-0.39, 0.29) is 0 Å². The van der Waals surface area contributed by atoms with E-state index in [0.717, 1.165) is 17.9 Å². The fourth-order valence-electron chi connectivity index (χ4n) is 2.83. The third-order valence-electron chi connectivity index (χ3n) is 4.22. The van der Waals surface area contributed by atoms with Gasteiger partial charge in [0.25, 0.3) is 0 Å². The van der Waals surface area contributed by atoms with Gasteiger partial charge in [0.2, 0.25) is 0 Å². The minimum absolute atomic E-state index is 0.785. The Morgan fingerprint density at radius 1 is 1.15 bits per heavy atom. The molecule has 0 atom stereocenters. The van der Waals surface area contributed by atoms with E-state index in [2.05, 4.69) is 58.9 Å². The number of hydrogen-bond donors (Lipinski definition) is 0. The third-order valence-corrected chi connectivity index (χ3v) is 4.22. The second-order valence-electron chi connectivity index (χ2n) is 5.66. The van der Waals surface area contributed by atoms with Gasteiger partial charge in [0.1, 0.15) is 6.33 Å². The Kier molecular flexibility index (Phi) is 2.62. The zero-order valence-electron chi connectivity index (χ0n) is 11.7. The van der Waals surface area contributed by atoms with Gasteiger partial charge in [-0.1, -0.05) is 25.1 Å². The normalized spacial score (nSPS) is 14.8. The lowest BCUT2D eigenvalue weighted by atomic mass is 10.1. The topological polar surface area (TPSA) is 17.8 Å². The van der Waals surface area contributed by atoms with Crippen LogP contribution in [-0.2, 0) is 6.42 Å². The molecule has 20 heavy (non-hydrogen) atoms. The van der Waals surface area contributed by atoms with Gasteiger partial charge in [0, 0.05) is 5.69 Å². The predicted octanol–water partition coefficient (Wildman–Crippen LogP) is 4.47. The molecule has 100 valence electrons. The molecule has 2 nitrogen and oxygen atoms in total. The molecule has 0 radical (unpaired) electrons. The maximum atomic E-state index is 4.58. The van der Waals surface area contributed by atoms with Crippen LogP contribution in [-0.4, -0.2) is 9.55 Å². The van der Waals surface area contributed by atoms with E-state index in [1.807, 2.05) is 6.33 Å². The molecule has 2 aromatic carbocycles. The summed E-state index contributed by atoms with van der Waals surface area (Å²) in [6, 6.07) is 15.4. The Morgan fingerprint density at radius 2 is 2.05 bits per heavy atom. The van der Waals surface area contributed by atoms with Gasteiger partial charge in [-0.3, -0.25) is 4.57 Å². The summed E-state index contributed by atoms with van der Waals surface area (Å²) in [5, 5.41) is 0. The van der Waals surface area contributed by atoms with Crippen LogP contribution in [0.3, 0.4) is 0 Å². The molecular weight excluding hydrogens is 244 g/mol. The van der Waals surface area contributed by atoms with Crippen LogP contribution in [0.25, 0.3) is 16.7 Å². The van der Waals surface area contributed by atoms with Crippen molar-refractivity contribution in [3.8, 4) is 5.69 Å². The van der Waals surface area contributed by atoms with Crippen LogP contribution < -0.4 is 0 Å². The highest BCUT2D eigenvalue weighted by atomic mass is 15.0. The number of rotatable bonds is 3. The highest BCUT2D eigenvalue weighted by Crippen LogP contribution is 2.40. The molecule has 3 aromatic rings. The fraction of sp³-hybridized carbons (Fsp3) is 0.278. The monoisotopic (exact) mass is 262 g/mol. The summed E-state index contributed by atoms with van der Waals surface area (Å²) in [5.41, 5.74) is 6.31. The number of imidazole rings is 1. The summed E-state index contributed by atoms with van der Waals surface area (Å²) >= 11 is 0. The minimum atomic E-state index is 0.785. The Morgan fingerprint density at radius 3 is 2.85 bits per heavy atom. The summed E-state index contributed by atoms with van der Waals surface area (Å²) < 4.78 is 2.19. The van der Waals surface area contributed by atoms with Crippen LogP contribution in [0.2, 0.25) is 0 Å². The Hall–Kier alpha value is -2.09. The van der Waals surface area contributed by atoms with Gasteiger partial charge in [0.15, 0.2) is 0 Å². The van der Waals surface area contributed by atoms with E-state index in [9.17, 15) is 0 Å². The van der Waals surface area contributed by atoms with E-state index in [1.54, 1.807) is 0 Å². The van der Waals surface area contributed by atoms with Gasteiger partial charge in [-0.05, 0) is 60.6 Å². The van der Waals surface area contributed by atoms with Crippen LogP contribution in [0.5, 0.6) is 0 Å². The molecule has 1 aliphatic rings. The van der Waals surface area contributed by atoms with Crippen LogP contribution in [0.1, 0.15) is 36.8 Å². The van der Waals surface area contributed by atoms with E-state index in [4.69, 9.17) is 0 Å². The van der Waals surface area contributed by atoms with Crippen LogP contribution in [0.4, 0.5) is 0 Å². The smallest absolute Gasteiger partial charge is 0.100 e. The van der Waals surface area contributed by atoms with E-state index in [1.165, 1.54) is 35.2 Å². The summed E-state index contributed by atoms with van der Waals surface area (Å²) in [4.78, 5) is 4.58. The second-order valence-corrected chi connectivity index (χ2v) is 5.66. The van der Waals surface area contributed by atoms with Gasteiger partial charge >= 0.3 is 0 Å². The van der Waals surface area contributed by atoms with Crippen molar-refractivity contribution in [3.63, 3.8) is 0 Å². The molecule has 0 aliphatic heterocycles. The third kappa shape index (κ3) is 1.92. The van der Waals surface area contributed by atoms with Crippen molar-refractivity contribution in [2.75, 3.05) is 0 Å². The number of hydrogen-bond acceptors (Lipinski definition) is 1. The molecule has 1 fully saturated rings. The molecule has 1 saturated carbocycles. The Balaban J connectivity index is 1.83. The van der Waals surface area contributed by atoms with E-state index >= 15 is 0 Å². The molecule has 0 unspecified atom stereocenters. The molecular formula is C18H18N2. The molecule has 1 aromatic heterocycles. The highest BCUT2D eigenvalue weighted by Gasteiger charge is 2.23. The molecule has 1 heterocycles. The number of aromatic nitrogens is 2. The van der Waals surface area contributed by atoms with Crippen LogP contribution in [0.15, 0.2) is 48.8 Å². The lowest BCUT2D eigenvalue weighted by Gasteiger charge is -2.06. The number of nitrogens with zero attached hydrogens (tertiary/aromatic N) is 2. The molecule has 0 N–H and O–H groups in total. The molecule has 2 heteroatoms. The van der Waals surface area contributed by atoms with Gasteiger partial charge < -0.3 is 0 Å². The standard InChI is InChI=1S/C18H18N2/c1-2-13-4-3-5-16(10-13)20-12-19-17-11-15(14-6-7-14)8-9-18(17)20/h3-5,8-12,14H,2,6-7H2,1H3. The molecule has 0 bridgehead atoms.